The first-order chi connectivity index (χ1) is 9.60. The Morgan fingerprint density at radius 2 is 2.10 bits per heavy atom. The molecular formula is C16H22N2O2. The van der Waals surface area contributed by atoms with Crippen LogP contribution in [0, 0.1) is 6.92 Å². The van der Waals surface area contributed by atoms with E-state index >= 15 is 0 Å². The van der Waals surface area contributed by atoms with Gasteiger partial charge < -0.3 is 14.6 Å². The first-order valence-electron chi connectivity index (χ1n) is 6.96. The van der Waals surface area contributed by atoms with Gasteiger partial charge in [-0.2, -0.15) is 0 Å². The van der Waals surface area contributed by atoms with Crippen LogP contribution in [-0.4, -0.2) is 32.1 Å². The van der Waals surface area contributed by atoms with E-state index in [2.05, 4.69) is 17.3 Å². The zero-order valence-corrected chi connectivity index (χ0v) is 12.4. The van der Waals surface area contributed by atoms with E-state index in [-0.39, 0.29) is 5.63 Å². The third-order valence-corrected chi connectivity index (χ3v) is 3.39. The summed E-state index contributed by atoms with van der Waals surface area (Å²) < 4.78 is 5.28. The average molecular weight is 274 g/mol. The van der Waals surface area contributed by atoms with Gasteiger partial charge in [0.15, 0.2) is 0 Å². The van der Waals surface area contributed by atoms with Crippen molar-refractivity contribution in [1.29, 1.82) is 0 Å². The summed E-state index contributed by atoms with van der Waals surface area (Å²) in [6.07, 6.45) is 1.09. The normalized spacial score (nSPS) is 11.4. The minimum absolute atomic E-state index is 0.276. The van der Waals surface area contributed by atoms with Crippen LogP contribution in [0.4, 0.5) is 0 Å². The van der Waals surface area contributed by atoms with Crippen molar-refractivity contribution in [1.82, 2.24) is 10.2 Å². The van der Waals surface area contributed by atoms with Crippen molar-refractivity contribution in [2.75, 3.05) is 27.2 Å². The Balaban J connectivity index is 2.23. The number of nitrogens with one attached hydrogen (secondary N) is 1. The summed E-state index contributed by atoms with van der Waals surface area (Å²) in [7, 11) is 4.03. The molecule has 0 spiro atoms. The van der Waals surface area contributed by atoms with Crippen molar-refractivity contribution in [3.05, 3.63) is 45.8 Å². The number of fused-ring (bicyclic) bond motifs is 1. The Morgan fingerprint density at radius 3 is 2.85 bits per heavy atom. The van der Waals surface area contributed by atoms with Gasteiger partial charge in [-0.25, -0.2) is 4.79 Å². The molecule has 4 heteroatoms. The van der Waals surface area contributed by atoms with Crippen LogP contribution in [0.25, 0.3) is 11.0 Å². The number of aryl methyl sites for hydroxylation is 1. The molecule has 0 bridgehead atoms. The van der Waals surface area contributed by atoms with E-state index in [1.54, 1.807) is 6.07 Å². The second-order valence-corrected chi connectivity index (χ2v) is 5.29. The van der Waals surface area contributed by atoms with E-state index in [1.807, 2.05) is 32.2 Å². The molecule has 1 heterocycles. The van der Waals surface area contributed by atoms with E-state index in [4.69, 9.17) is 4.42 Å². The maximum atomic E-state index is 11.7. The van der Waals surface area contributed by atoms with E-state index in [1.165, 1.54) is 0 Å². The molecule has 1 aromatic carbocycles. The molecule has 4 nitrogen and oxygen atoms in total. The highest BCUT2D eigenvalue weighted by atomic mass is 16.4. The molecule has 0 radical (unpaired) electrons. The van der Waals surface area contributed by atoms with Crippen molar-refractivity contribution >= 4 is 11.0 Å². The quantitative estimate of drug-likeness (QED) is 0.647. The summed E-state index contributed by atoms with van der Waals surface area (Å²) in [6, 6.07) is 7.60. The summed E-state index contributed by atoms with van der Waals surface area (Å²) in [5.41, 5.74) is 2.53. The fraction of sp³-hybridized carbons (Fsp3) is 0.438. The number of hydrogen-bond acceptors (Lipinski definition) is 4. The third kappa shape index (κ3) is 3.68. The van der Waals surface area contributed by atoms with Gasteiger partial charge in [0.1, 0.15) is 5.58 Å². The van der Waals surface area contributed by atoms with Gasteiger partial charge in [0.25, 0.3) is 0 Å². The van der Waals surface area contributed by atoms with Crippen molar-refractivity contribution in [3.63, 3.8) is 0 Å². The summed E-state index contributed by atoms with van der Waals surface area (Å²) in [4.78, 5) is 13.9. The smallest absolute Gasteiger partial charge is 0.336 e. The lowest BCUT2D eigenvalue weighted by Gasteiger charge is -2.17. The van der Waals surface area contributed by atoms with Crippen molar-refractivity contribution < 1.29 is 4.42 Å². The predicted octanol–water partition coefficient (Wildman–Crippen LogP) is 2.14. The van der Waals surface area contributed by atoms with Crippen molar-refractivity contribution in [2.24, 2.45) is 0 Å². The van der Waals surface area contributed by atoms with Gasteiger partial charge in [-0.05, 0) is 57.7 Å². The van der Waals surface area contributed by atoms with E-state index in [0.717, 1.165) is 42.6 Å². The molecule has 0 aliphatic heterocycles. The molecule has 0 saturated heterocycles. The standard InChI is InChI=1S/C16H22N2O2/c1-12-5-6-14-13(10-16(19)20-15(14)9-12)11-18(3)8-4-7-17-2/h5-6,9-10,17H,4,7-8,11H2,1-3H3. The lowest BCUT2D eigenvalue weighted by molar-refractivity contribution is 0.321. The Bertz CT molecular complexity index is 634. The fourth-order valence-electron chi connectivity index (χ4n) is 2.36. The molecule has 1 aromatic heterocycles. The molecule has 0 saturated carbocycles. The first-order valence-corrected chi connectivity index (χ1v) is 6.96. The van der Waals surface area contributed by atoms with Crippen molar-refractivity contribution in [2.45, 2.75) is 19.9 Å². The van der Waals surface area contributed by atoms with Crippen molar-refractivity contribution in [3.8, 4) is 0 Å². The Hall–Kier alpha value is -1.65. The van der Waals surface area contributed by atoms with Gasteiger partial charge in [-0.3, -0.25) is 0 Å². The SMILES string of the molecule is CNCCCN(C)Cc1cc(=O)oc2cc(C)ccc12. The van der Waals surface area contributed by atoms with Crippen LogP contribution in [0.3, 0.4) is 0 Å². The zero-order valence-electron chi connectivity index (χ0n) is 12.4. The van der Waals surface area contributed by atoms with Crippen LogP contribution in [-0.2, 0) is 6.54 Å². The van der Waals surface area contributed by atoms with Crippen LogP contribution in [0.5, 0.6) is 0 Å². The Kier molecular flexibility index (Phi) is 4.93. The van der Waals surface area contributed by atoms with E-state index in [9.17, 15) is 4.79 Å². The maximum Gasteiger partial charge on any atom is 0.336 e. The molecule has 0 unspecified atom stereocenters. The highest BCUT2D eigenvalue weighted by molar-refractivity contribution is 5.80. The highest BCUT2D eigenvalue weighted by Gasteiger charge is 2.08. The lowest BCUT2D eigenvalue weighted by atomic mass is 10.1. The second kappa shape index (κ2) is 6.68. The van der Waals surface area contributed by atoms with Crippen LogP contribution in [0.15, 0.2) is 33.5 Å². The van der Waals surface area contributed by atoms with E-state index < -0.39 is 0 Å². The summed E-state index contributed by atoms with van der Waals surface area (Å²) in [5, 5.41) is 4.16. The predicted molar refractivity (Wildman–Crippen MR) is 82.1 cm³/mol. The fourth-order valence-corrected chi connectivity index (χ4v) is 2.36. The number of nitrogens with zero attached hydrogens (tertiary/aromatic N) is 1. The molecule has 1 N–H and O–H groups in total. The largest absolute Gasteiger partial charge is 0.423 e. The molecule has 108 valence electrons. The average Bonchev–Trinajstić information content (AvgIpc) is 2.38. The summed E-state index contributed by atoms with van der Waals surface area (Å²) in [5.74, 6) is 0. The van der Waals surface area contributed by atoms with Crippen LogP contribution >= 0.6 is 0 Å². The minimum atomic E-state index is -0.276. The van der Waals surface area contributed by atoms with Gasteiger partial charge >= 0.3 is 5.63 Å². The number of hydrogen-bond donors (Lipinski definition) is 1. The zero-order chi connectivity index (χ0) is 14.5. The topological polar surface area (TPSA) is 45.5 Å². The molecule has 0 atom stereocenters. The van der Waals surface area contributed by atoms with Gasteiger partial charge in [-0.15, -0.1) is 0 Å². The molecule has 0 aliphatic rings. The minimum Gasteiger partial charge on any atom is -0.423 e. The lowest BCUT2D eigenvalue weighted by Crippen LogP contribution is -2.23. The van der Waals surface area contributed by atoms with Gasteiger partial charge in [0, 0.05) is 18.0 Å². The Morgan fingerprint density at radius 1 is 1.30 bits per heavy atom. The van der Waals surface area contributed by atoms with Gasteiger partial charge in [0.05, 0.1) is 0 Å². The summed E-state index contributed by atoms with van der Waals surface area (Å²) in [6.45, 7) is 4.75. The van der Waals surface area contributed by atoms with Gasteiger partial charge in [0.2, 0.25) is 0 Å². The monoisotopic (exact) mass is 274 g/mol. The van der Waals surface area contributed by atoms with Crippen LogP contribution < -0.4 is 10.9 Å². The first kappa shape index (κ1) is 14.8. The molecule has 20 heavy (non-hydrogen) atoms. The second-order valence-electron chi connectivity index (χ2n) is 5.29. The number of rotatable bonds is 6. The maximum absolute atomic E-state index is 11.7. The molecule has 0 amide bonds. The Labute approximate surface area is 119 Å². The molecular weight excluding hydrogens is 252 g/mol. The van der Waals surface area contributed by atoms with Gasteiger partial charge in [-0.1, -0.05) is 12.1 Å². The van der Waals surface area contributed by atoms with E-state index in [0.29, 0.717) is 5.58 Å². The van der Waals surface area contributed by atoms with Crippen LogP contribution in [0.1, 0.15) is 17.5 Å². The summed E-state index contributed by atoms with van der Waals surface area (Å²) >= 11 is 0. The molecule has 0 aliphatic carbocycles. The number of benzene rings is 1. The third-order valence-electron chi connectivity index (χ3n) is 3.39. The van der Waals surface area contributed by atoms with Crippen LogP contribution in [0.2, 0.25) is 0 Å². The molecule has 2 rings (SSSR count). The highest BCUT2D eigenvalue weighted by Crippen LogP contribution is 2.19. The molecule has 2 aromatic rings. The molecule has 0 fully saturated rings.